The lowest BCUT2D eigenvalue weighted by Gasteiger charge is -1.80. The molecule has 3 nitrogen and oxygen atoms in total. The van der Waals surface area contributed by atoms with Crippen LogP contribution >= 0.6 is 0 Å². The average Bonchev–Trinajstić information content (AvgIpc) is 2.17. The maximum atomic E-state index is 11.5. The van der Waals surface area contributed by atoms with Crippen LogP contribution in [0.5, 0.6) is 0 Å². The number of hydrogen-bond donors (Lipinski definition) is 0. The second kappa shape index (κ2) is 2.48. The Morgan fingerprint density at radius 1 is 1.67 bits per heavy atom. The minimum atomic E-state index is -0.779. The third-order valence-electron chi connectivity index (χ3n) is 0.842. The van der Waals surface area contributed by atoms with Crippen LogP contribution in [0.4, 0.5) is 4.39 Å². The summed E-state index contributed by atoms with van der Waals surface area (Å²) in [7, 11) is 0. The lowest BCUT2D eigenvalue weighted by atomic mass is 10.4. The third-order valence-corrected chi connectivity index (χ3v) is 0.842. The normalized spacial score (nSPS) is 9.89. The molecule has 9 heavy (non-hydrogen) atoms. The Morgan fingerprint density at radius 2 is 2.44 bits per heavy atom. The Hall–Kier alpha value is -1.06. The van der Waals surface area contributed by atoms with E-state index in [4.69, 9.17) is 0 Å². The van der Waals surface area contributed by atoms with Crippen molar-refractivity contribution >= 4 is 0 Å². The van der Waals surface area contributed by atoms with E-state index in [0.717, 1.165) is 6.26 Å². The molecule has 0 fully saturated rings. The molecule has 0 spiro atoms. The first-order valence-corrected chi connectivity index (χ1v) is 2.46. The summed E-state index contributed by atoms with van der Waals surface area (Å²) in [5, 5.41) is 0. The molecule has 0 amide bonds. The van der Waals surface area contributed by atoms with Crippen molar-refractivity contribution in [2.24, 2.45) is 0 Å². The van der Waals surface area contributed by atoms with Crippen LogP contribution in [0, 0.1) is 0 Å². The zero-order chi connectivity index (χ0) is 6.69. The number of rotatable bonds is 2. The molecule has 4 heteroatoms. The molecule has 0 aromatic carbocycles. The van der Waals surface area contributed by atoms with Crippen LogP contribution in [-0.2, 0) is 6.42 Å². The number of aryl methyl sites for hydroxylation is 1. The van der Waals surface area contributed by atoms with Crippen molar-refractivity contribution in [2.45, 2.75) is 6.42 Å². The molecule has 0 aliphatic carbocycles. The highest BCUT2D eigenvalue weighted by molar-refractivity contribution is 4.84. The molecule has 0 atom stereocenters. The van der Waals surface area contributed by atoms with Crippen LogP contribution < -0.4 is 5.82 Å². The molecule has 0 bridgehead atoms. The minimum absolute atomic E-state index is 0.103. The summed E-state index contributed by atoms with van der Waals surface area (Å²) in [5.74, 6) is -0.527. The Labute approximate surface area is 50.1 Å². The Bertz CT molecular complexity index is 224. The van der Waals surface area contributed by atoms with Gasteiger partial charge in [0, 0.05) is 6.42 Å². The van der Waals surface area contributed by atoms with E-state index < -0.39 is 12.5 Å². The van der Waals surface area contributed by atoms with E-state index in [1.54, 1.807) is 0 Å². The second-order valence-electron chi connectivity index (χ2n) is 1.49. The third kappa shape index (κ3) is 1.42. The SMILES string of the molecule is O=c1occ(CCF)o1. The van der Waals surface area contributed by atoms with Crippen molar-refractivity contribution in [3.63, 3.8) is 0 Å². The molecule has 1 heterocycles. The zero-order valence-electron chi connectivity index (χ0n) is 4.59. The summed E-state index contributed by atoms with van der Waals surface area (Å²) in [6.07, 6.45) is 1.22. The molecule has 0 radical (unpaired) electrons. The summed E-state index contributed by atoms with van der Waals surface area (Å²) >= 11 is 0. The largest absolute Gasteiger partial charge is 0.518 e. The second-order valence-corrected chi connectivity index (χ2v) is 1.49. The highest BCUT2D eigenvalue weighted by Crippen LogP contribution is 1.95. The average molecular weight is 132 g/mol. The van der Waals surface area contributed by atoms with Crippen molar-refractivity contribution < 1.29 is 13.2 Å². The Morgan fingerprint density at radius 3 is 2.89 bits per heavy atom. The van der Waals surface area contributed by atoms with E-state index in [-0.39, 0.29) is 12.2 Å². The van der Waals surface area contributed by atoms with E-state index in [9.17, 15) is 9.18 Å². The first-order valence-electron chi connectivity index (χ1n) is 2.46. The monoisotopic (exact) mass is 132 g/mol. The van der Waals surface area contributed by atoms with Gasteiger partial charge in [0.25, 0.3) is 0 Å². The summed E-state index contributed by atoms with van der Waals surface area (Å²) < 4.78 is 20.1. The van der Waals surface area contributed by atoms with Gasteiger partial charge in [-0.25, -0.2) is 4.79 Å². The van der Waals surface area contributed by atoms with Crippen LogP contribution in [0.2, 0.25) is 0 Å². The van der Waals surface area contributed by atoms with E-state index in [2.05, 4.69) is 8.83 Å². The van der Waals surface area contributed by atoms with Gasteiger partial charge in [0.05, 0.1) is 6.67 Å². The van der Waals surface area contributed by atoms with Gasteiger partial charge in [0.2, 0.25) is 0 Å². The Balaban J connectivity index is 2.73. The highest BCUT2D eigenvalue weighted by Gasteiger charge is 1.98. The van der Waals surface area contributed by atoms with Crippen LogP contribution in [0.25, 0.3) is 0 Å². The molecular weight excluding hydrogens is 127 g/mol. The molecule has 0 aliphatic rings. The van der Waals surface area contributed by atoms with Crippen LogP contribution in [0.15, 0.2) is 19.9 Å². The van der Waals surface area contributed by atoms with Gasteiger partial charge < -0.3 is 8.83 Å². The molecule has 0 saturated heterocycles. The van der Waals surface area contributed by atoms with Crippen molar-refractivity contribution in [3.05, 3.63) is 22.6 Å². The molecule has 50 valence electrons. The fraction of sp³-hybridized carbons (Fsp3) is 0.400. The lowest BCUT2D eigenvalue weighted by molar-refractivity contribution is 0.365. The standard InChI is InChI=1S/C5H5FO3/c6-2-1-4-3-8-5(7)9-4/h3H,1-2H2. The van der Waals surface area contributed by atoms with E-state index in [1.165, 1.54) is 0 Å². The van der Waals surface area contributed by atoms with Gasteiger partial charge in [-0.05, 0) is 0 Å². The summed E-state index contributed by atoms with van der Waals surface area (Å²) in [6.45, 7) is -0.539. The topological polar surface area (TPSA) is 43.4 Å². The van der Waals surface area contributed by atoms with E-state index in [1.807, 2.05) is 0 Å². The molecule has 1 aromatic heterocycles. The smallest absolute Gasteiger partial charge is 0.399 e. The molecule has 0 saturated carbocycles. The van der Waals surface area contributed by atoms with Gasteiger partial charge in [-0.3, -0.25) is 4.39 Å². The maximum Gasteiger partial charge on any atom is 0.518 e. The van der Waals surface area contributed by atoms with Gasteiger partial charge in [0.1, 0.15) is 12.0 Å². The summed E-state index contributed by atoms with van der Waals surface area (Å²) in [4.78, 5) is 10.1. The van der Waals surface area contributed by atoms with E-state index >= 15 is 0 Å². The molecular formula is C5H5FO3. The first-order chi connectivity index (χ1) is 4.33. The van der Waals surface area contributed by atoms with Gasteiger partial charge in [-0.15, -0.1) is 0 Å². The maximum absolute atomic E-state index is 11.5. The van der Waals surface area contributed by atoms with Gasteiger partial charge in [0.15, 0.2) is 0 Å². The summed E-state index contributed by atoms with van der Waals surface area (Å²) in [6, 6.07) is 0. The van der Waals surface area contributed by atoms with E-state index in [0.29, 0.717) is 0 Å². The van der Waals surface area contributed by atoms with Crippen LogP contribution in [0.1, 0.15) is 5.76 Å². The molecule has 0 aliphatic heterocycles. The fourth-order valence-corrected chi connectivity index (χ4v) is 0.472. The van der Waals surface area contributed by atoms with Crippen LogP contribution in [-0.4, -0.2) is 6.67 Å². The van der Waals surface area contributed by atoms with Gasteiger partial charge >= 0.3 is 5.82 Å². The molecule has 0 N–H and O–H groups in total. The predicted octanol–water partition coefficient (Wildman–Crippen LogP) is 0.745. The zero-order valence-corrected chi connectivity index (χ0v) is 4.59. The minimum Gasteiger partial charge on any atom is -0.399 e. The molecule has 1 aromatic rings. The van der Waals surface area contributed by atoms with Gasteiger partial charge in [-0.1, -0.05) is 0 Å². The number of alkyl halides is 1. The lowest BCUT2D eigenvalue weighted by Crippen LogP contribution is -1.88. The first kappa shape index (κ1) is 6.07. The Kier molecular flexibility index (Phi) is 1.67. The molecule has 0 unspecified atom stereocenters. The fourth-order valence-electron chi connectivity index (χ4n) is 0.472. The highest BCUT2D eigenvalue weighted by atomic mass is 19.1. The van der Waals surface area contributed by atoms with Crippen molar-refractivity contribution in [2.75, 3.05) is 6.67 Å². The number of halogens is 1. The summed E-state index contributed by atoms with van der Waals surface area (Å²) in [5.41, 5.74) is 0. The molecule has 1 rings (SSSR count). The van der Waals surface area contributed by atoms with Crippen LogP contribution in [0.3, 0.4) is 0 Å². The number of hydrogen-bond acceptors (Lipinski definition) is 3. The predicted molar refractivity (Wildman–Crippen MR) is 26.9 cm³/mol. The van der Waals surface area contributed by atoms with Crippen molar-refractivity contribution in [1.29, 1.82) is 0 Å². The van der Waals surface area contributed by atoms with Gasteiger partial charge in [-0.2, -0.15) is 0 Å². The van der Waals surface area contributed by atoms with Crippen molar-refractivity contribution in [3.8, 4) is 0 Å². The quantitative estimate of drug-likeness (QED) is 0.596. The van der Waals surface area contributed by atoms with Crippen molar-refractivity contribution in [1.82, 2.24) is 0 Å².